The Morgan fingerprint density at radius 1 is 1.50 bits per heavy atom. The molecule has 1 atom stereocenters. The van der Waals surface area contributed by atoms with Crippen LogP contribution in [0.5, 0.6) is 0 Å². The van der Waals surface area contributed by atoms with E-state index in [2.05, 4.69) is 10.6 Å². The maximum atomic E-state index is 12.8. The summed E-state index contributed by atoms with van der Waals surface area (Å²) in [4.78, 5) is 0.0380. The average molecular weight is 241 g/mol. The molecular formula is C11H12FNO2S. The van der Waals surface area contributed by atoms with Gasteiger partial charge < -0.3 is 0 Å². The highest BCUT2D eigenvalue weighted by Gasteiger charge is 2.18. The van der Waals surface area contributed by atoms with E-state index >= 15 is 0 Å². The standard InChI is InChI=1S/C11H12FNO2S/c1-4-9(3)13-16(14,15)11-6-5-10(12)7-8(11)2/h1,5-7,9,13H,2-3H3/t9-/m0/s1. The van der Waals surface area contributed by atoms with Gasteiger partial charge in [-0.3, -0.25) is 0 Å². The fourth-order valence-corrected chi connectivity index (χ4v) is 2.64. The van der Waals surface area contributed by atoms with Crippen LogP contribution in [0.4, 0.5) is 4.39 Å². The van der Waals surface area contributed by atoms with Crippen molar-refractivity contribution in [3.05, 3.63) is 29.6 Å². The Labute approximate surface area is 94.7 Å². The van der Waals surface area contributed by atoms with Gasteiger partial charge in [0.1, 0.15) is 5.82 Å². The second kappa shape index (κ2) is 4.64. The molecule has 3 nitrogen and oxygen atoms in total. The molecule has 0 heterocycles. The molecule has 0 amide bonds. The molecule has 0 aliphatic rings. The third-order valence-corrected chi connectivity index (χ3v) is 3.71. The van der Waals surface area contributed by atoms with Crippen molar-refractivity contribution in [2.75, 3.05) is 0 Å². The molecule has 0 bridgehead atoms. The van der Waals surface area contributed by atoms with E-state index in [1.165, 1.54) is 13.0 Å². The normalized spacial score (nSPS) is 13.1. The van der Waals surface area contributed by atoms with Crippen molar-refractivity contribution in [1.82, 2.24) is 4.72 Å². The van der Waals surface area contributed by atoms with Gasteiger partial charge in [-0.25, -0.2) is 12.8 Å². The molecule has 0 aromatic heterocycles. The van der Waals surface area contributed by atoms with Gasteiger partial charge in [-0.15, -0.1) is 6.42 Å². The molecule has 0 saturated carbocycles. The number of terminal acetylenes is 1. The van der Waals surface area contributed by atoms with Crippen molar-refractivity contribution in [1.29, 1.82) is 0 Å². The molecule has 0 saturated heterocycles. The van der Waals surface area contributed by atoms with Crippen LogP contribution in [0.15, 0.2) is 23.1 Å². The molecule has 5 heteroatoms. The van der Waals surface area contributed by atoms with E-state index in [-0.39, 0.29) is 4.90 Å². The molecule has 0 spiro atoms. The van der Waals surface area contributed by atoms with E-state index in [1.807, 2.05) is 0 Å². The summed E-state index contributed by atoms with van der Waals surface area (Å²) >= 11 is 0. The van der Waals surface area contributed by atoms with Gasteiger partial charge in [-0.05, 0) is 37.6 Å². The van der Waals surface area contributed by atoms with E-state index in [4.69, 9.17) is 6.42 Å². The number of hydrogen-bond donors (Lipinski definition) is 1. The SMILES string of the molecule is C#C[C@H](C)NS(=O)(=O)c1ccc(F)cc1C. The van der Waals surface area contributed by atoms with Crippen LogP contribution in [0, 0.1) is 25.1 Å². The van der Waals surface area contributed by atoms with Crippen LogP contribution in [0.25, 0.3) is 0 Å². The summed E-state index contributed by atoms with van der Waals surface area (Å²) in [5.74, 6) is 1.79. The van der Waals surface area contributed by atoms with Crippen molar-refractivity contribution in [3.8, 4) is 12.3 Å². The summed E-state index contributed by atoms with van der Waals surface area (Å²) < 4.78 is 38.7. The van der Waals surface area contributed by atoms with E-state index in [1.54, 1.807) is 6.92 Å². The van der Waals surface area contributed by atoms with Gasteiger partial charge in [0.2, 0.25) is 10.0 Å². The minimum Gasteiger partial charge on any atom is -0.207 e. The Hall–Kier alpha value is -1.38. The molecule has 86 valence electrons. The molecule has 1 aromatic rings. The second-order valence-electron chi connectivity index (χ2n) is 3.42. The van der Waals surface area contributed by atoms with Crippen LogP contribution in [0.1, 0.15) is 12.5 Å². The number of halogens is 1. The van der Waals surface area contributed by atoms with Gasteiger partial charge in [0.05, 0.1) is 10.9 Å². The lowest BCUT2D eigenvalue weighted by Crippen LogP contribution is -2.31. The van der Waals surface area contributed by atoms with Gasteiger partial charge in [0.15, 0.2) is 0 Å². The Kier molecular flexibility index (Phi) is 3.68. The maximum Gasteiger partial charge on any atom is 0.241 e. The number of hydrogen-bond acceptors (Lipinski definition) is 2. The predicted octanol–water partition coefficient (Wildman–Crippen LogP) is 1.43. The Morgan fingerprint density at radius 3 is 2.62 bits per heavy atom. The molecule has 0 aliphatic carbocycles. The fourth-order valence-electron chi connectivity index (χ4n) is 1.24. The van der Waals surface area contributed by atoms with Crippen LogP contribution >= 0.6 is 0 Å². The molecule has 0 fully saturated rings. The van der Waals surface area contributed by atoms with Crippen LogP contribution in [0.2, 0.25) is 0 Å². The number of rotatable bonds is 3. The summed E-state index contributed by atoms with van der Waals surface area (Å²) in [6, 6.07) is 2.88. The molecule has 0 aliphatic heterocycles. The summed E-state index contributed by atoms with van der Waals surface area (Å²) in [5, 5.41) is 0. The number of sulfonamides is 1. The highest BCUT2D eigenvalue weighted by atomic mass is 32.2. The zero-order valence-corrected chi connectivity index (χ0v) is 9.81. The van der Waals surface area contributed by atoms with Crippen molar-refractivity contribution in [3.63, 3.8) is 0 Å². The van der Waals surface area contributed by atoms with E-state index in [0.717, 1.165) is 12.1 Å². The number of benzene rings is 1. The highest BCUT2D eigenvalue weighted by molar-refractivity contribution is 7.89. The van der Waals surface area contributed by atoms with E-state index < -0.39 is 21.9 Å². The predicted molar refractivity (Wildman–Crippen MR) is 59.8 cm³/mol. The van der Waals surface area contributed by atoms with Crippen molar-refractivity contribution < 1.29 is 12.8 Å². The molecular weight excluding hydrogens is 229 g/mol. The average Bonchev–Trinajstić information content (AvgIpc) is 2.16. The van der Waals surface area contributed by atoms with Gasteiger partial charge in [0, 0.05) is 0 Å². The molecule has 16 heavy (non-hydrogen) atoms. The minimum atomic E-state index is -3.68. The smallest absolute Gasteiger partial charge is 0.207 e. The first-order chi connectivity index (χ1) is 7.36. The van der Waals surface area contributed by atoms with Gasteiger partial charge in [-0.1, -0.05) is 5.92 Å². The number of aryl methyl sites for hydroxylation is 1. The van der Waals surface area contributed by atoms with Crippen LogP contribution < -0.4 is 4.72 Å². The molecule has 0 radical (unpaired) electrons. The summed E-state index contributed by atoms with van der Waals surface area (Å²) in [6.07, 6.45) is 5.08. The third-order valence-electron chi connectivity index (χ3n) is 2.01. The van der Waals surface area contributed by atoms with Crippen molar-refractivity contribution in [2.45, 2.75) is 24.8 Å². The first-order valence-electron chi connectivity index (χ1n) is 4.61. The van der Waals surface area contributed by atoms with E-state index in [9.17, 15) is 12.8 Å². The zero-order chi connectivity index (χ0) is 12.3. The van der Waals surface area contributed by atoms with Gasteiger partial charge in [0.25, 0.3) is 0 Å². The monoisotopic (exact) mass is 241 g/mol. The molecule has 1 N–H and O–H groups in total. The van der Waals surface area contributed by atoms with Crippen LogP contribution in [-0.4, -0.2) is 14.5 Å². The molecule has 1 aromatic carbocycles. The lowest BCUT2D eigenvalue weighted by molar-refractivity contribution is 0.576. The first-order valence-corrected chi connectivity index (χ1v) is 6.10. The summed E-state index contributed by atoms with van der Waals surface area (Å²) in [5.41, 5.74) is 0.344. The second-order valence-corrected chi connectivity index (χ2v) is 5.10. The van der Waals surface area contributed by atoms with E-state index in [0.29, 0.717) is 5.56 Å². The molecule has 0 unspecified atom stereocenters. The number of nitrogens with one attached hydrogen (secondary N) is 1. The Morgan fingerprint density at radius 2 is 2.12 bits per heavy atom. The maximum absolute atomic E-state index is 12.8. The fraction of sp³-hybridized carbons (Fsp3) is 0.273. The zero-order valence-electron chi connectivity index (χ0n) is 8.99. The van der Waals surface area contributed by atoms with Crippen LogP contribution in [-0.2, 0) is 10.0 Å². The Bertz CT molecular complexity index is 531. The highest BCUT2D eigenvalue weighted by Crippen LogP contribution is 2.16. The topological polar surface area (TPSA) is 46.2 Å². The molecule has 1 rings (SSSR count). The van der Waals surface area contributed by atoms with Gasteiger partial charge in [-0.2, -0.15) is 4.72 Å². The lowest BCUT2D eigenvalue weighted by atomic mass is 10.2. The Balaban J connectivity index is 3.14. The lowest BCUT2D eigenvalue weighted by Gasteiger charge is -2.10. The largest absolute Gasteiger partial charge is 0.241 e. The van der Waals surface area contributed by atoms with Crippen molar-refractivity contribution in [2.24, 2.45) is 0 Å². The first kappa shape index (κ1) is 12.7. The summed E-state index contributed by atoms with van der Waals surface area (Å²) in [7, 11) is -3.68. The van der Waals surface area contributed by atoms with Crippen molar-refractivity contribution >= 4 is 10.0 Å². The third kappa shape index (κ3) is 2.81. The summed E-state index contributed by atoms with van der Waals surface area (Å²) in [6.45, 7) is 3.08. The quantitative estimate of drug-likeness (QED) is 0.814. The van der Waals surface area contributed by atoms with Crippen LogP contribution in [0.3, 0.4) is 0 Å². The van der Waals surface area contributed by atoms with Gasteiger partial charge >= 0.3 is 0 Å². The minimum absolute atomic E-state index is 0.0380.